The van der Waals surface area contributed by atoms with E-state index in [0.717, 1.165) is 29.7 Å². The predicted octanol–water partition coefficient (Wildman–Crippen LogP) is 2.87. The van der Waals surface area contributed by atoms with Gasteiger partial charge >= 0.3 is 0 Å². The number of aryl methyl sites for hydroxylation is 2. The number of aliphatic hydroxyl groups is 1. The van der Waals surface area contributed by atoms with Gasteiger partial charge in [0.05, 0.1) is 13.2 Å². The topological polar surface area (TPSA) is 52.6 Å². The Hall–Kier alpha value is -1.39. The SMILES string of the molecule is Cc1ccc(C)c(NC(=O)CN(CCO)C2CCCCC2)c1. The summed E-state index contributed by atoms with van der Waals surface area (Å²) >= 11 is 0. The molecule has 4 heteroatoms. The van der Waals surface area contributed by atoms with Crippen LogP contribution in [0.5, 0.6) is 0 Å². The normalized spacial score (nSPS) is 16.0. The largest absolute Gasteiger partial charge is 0.395 e. The lowest BCUT2D eigenvalue weighted by molar-refractivity contribution is -0.118. The highest BCUT2D eigenvalue weighted by atomic mass is 16.3. The van der Waals surface area contributed by atoms with Crippen molar-refractivity contribution in [2.45, 2.75) is 52.0 Å². The van der Waals surface area contributed by atoms with Crippen LogP contribution in [-0.2, 0) is 4.79 Å². The Bertz CT molecular complexity index is 496. The number of nitrogens with one attached hydrogen (secondary N) is 1. The highest BCUT2D eigenvalue weighted by molar-refractivity contribution is 5.93. The van der Waals surface area contributed by atoms with Gasteiger partial charge in [-0.1, -0.05) is 31.4 Å². The molecule has 0 radical (unpaired) electrons. The minimum absolute atomic E-state index is 0.00715. The molecule has 0 aromatic heterocycles. The Morgan fingerprint density at radius 3 is 2.68 bits per heavy atom. The summed E-state index contributed by atoms with van der Waals surface area (Å²) in [6.45, 7) is 5.06. The molecule has 0 atom stereocenters. The molecule has 2 N–H and O–H groups in total. The van der Waals surface area contributed by atoms with E-state index in [1.165, 1.54) is 19.3 Å². The fraction of sp³-hybridized carbons (Fsp3) is 0.611. The molecule has 0 aliphatic heterocycles. The fourth-order valence-electron chi connectivity index (χ4n) is 3.21. The summed E-state index contributed by atoms with van der Waals surface area (Å²) in [7, 11) is 0. The molecule has 22 heavy (non-hydrogen) atoms. The van der Waals surface area contributed by atoms with Crippen LogP contribution in [0.15, 0.2) is 18.2 Å². The number of rotatable bonds is 6. The van der Waals surface area contributed by atoms with Crippen molar-refractivity contribution >= 4 is 11.6 Å². The van der Waals surface area contributed by atoms with E-state index in [9.17, 15) is 9.90 Å². The monoisotopic (exact) mass is 304 g/mol. The molecule has 1 amide bonds. The van der Waals surface area contributed by atoms with E-state index in [1.807, 2.05) is 32.0 Å². The lowest BCUT2D eigenvalue weighted by Crippen LogP contribution is -2.43. The van der Waals surface area contributed by atoms with Crippen molar-refractivity contribution < 1.29 is 9.90 Å². The maximum Gasteiger partial charge on any atom is 0.238 e. The van der Waals surface area contributed by atoms with Crippen LogP contribution in [0.25, 0.3) is 0 Å². The molecule has 1 aromatic carbocycles. The summed E-state index contributed by atoms with van der Waals surface area (Å²) < 4.78 is 0. The summed E-state index contributed by atoms with van der Waals surface area (Å²) in [5.74, 6) is 0.00715. The van der Waals surface area contributed by atoms with Gasteiger partial charge in [-0.15, -0.1) is 0 Å². The van der Waals surface area contributed by atoms with Gasteiger partial charge < -0.3 is 10.4 Å². The minimum atomic E-state index is 0.00715. The first-order valence-electron chi connectivity index (χ1n) is 8.32. The number of carbonyl (C=O) groups is 1. The van der Waals surface area contributed by atoms with Crippen molar-refractivity contribution in [2.75, 3.05) is 25.0 Å². The van der Waals surface area contributed by atoms with E-state index in [4.69, 9.17) is 0 Å². The van der Waals surface area contributed by atoms with Crippen LogP contribution >= 0.6 is 0 Å². The van der Waals surface area contributed by atoms with E-state index >= 15 is 0 Å². The number of nitrogens with zero attached hydrogens (tertiary/aromatic N) is 1. The summed E-state index contributed by atoms with van der Waals surface area (Å²) in [5.41, 5.74) is 3.10. The Labute approximate surface area is 133 Å². The average Bonchev–Trinajstić information content (AvgIpc) is 2.51. The third-order valence-electron chi connectivity index (χ3n) is 4.49. The van der Waals surface area contributed by atoms with Crippen molar-refractivity contribution in [1.29, 1.82) is 0 Å². The van der Waals surface area contributed by atoms with Crippen LogP contribution in [-0.4, -0.2) is 41.7 Å². The third-order valence-corrected chi connectivity index (χ3v) is 4.49. The maximum atomic E-state index is 12.4. The Morgan fingerprint density at radius 1 is 1.27 bits per heavy atom. The van der Waals surface area contributed by atoms with Crippen molar-refractivity contribution in [2.24, 2.45) is 0 Å². The number of aliphatic hydroxyl groups excluding tert-OH is 1. The van der Waals surface area contributed by atoms with Crippen LogP contribution in [0.3, 0.4) is 0 Å². The van der Waals surface area contributed by atoms with E-state index in [0.29, 0.717) is 19.1 Å². The zero-order valence-corrected chi connectivity index (χ0v) is 13.8. The van der Waals surface area contributed by atoms with Gasteiger partial charge in [-0.25, -0.2) is 0 Å². The Morgan fingerprint density at radius 2 is 2.00 bits per heavy atom. The molecule has 1 fully saturated rings. The van der Waals surface area contributed by atoms with Gasteiger partial charge in [0, 0.05) is 18.3 Å². The summed E-state index contributed by atoms with van der Waals surface area (Å²) in [5, 5.41) is 12.3. The first kappa shape index (κ1) is 17.0. The van der Waals surface area contributed by atoms with E-state index in [-0.39, 0.29) is 12.5 Å². The standard InChI is InChI=1S/C18H28N2O2/c1-14-8-9-15(2)17(12-14)19-18(22)13-20(10-11-21)16-6-4-3-5-7-16/h8-9,12,16,21H,3-7,10-11,13H2,1-2H3,(H,19,22). The quantitative estimate of drug-likeness (QED) is 0.849. The van der Waals surface area contributed by atoms with E-state index in [2.05, 4.69) is 10.2 Å². The molecular formula is C18H28N2O2. The first-order valence-corrected chi connectivity index (χ1v) is 8.32. The zero-order chi connectivity index (χ0) is 15.9. The number of benzene rings is 1. The smallest absolute Gasteiger partial charge is 0.238 e. The van der Waals surface area contributed by atoms with Crippen molar-refractivity contribution in [3.05, 3.63) is 29.3 Å². The molecule has 1 aliphatic rings. The molecule has 0 spiro atoms. The highest BCUT2D eigenvalue weighted by Crippen LogP contribution is 2.22. The van der Waals surface area contributed by atoms with Crippen molar-refractivity contribution in [1.82, 2.24) is 4.90 Å². The van der Waals surface area contributed by atoms with Gasteiger partial charge in [0.1, 0.15) is 0 Å². The second-order valence-electron chi connectivity index (χ2n) is 6.35. The fourth-order valence-corrected chi connectivity index (χ4v) is 3.21. The molecule has 1 aliphatic carbocycles. The first-order chi connectivity index (χ1) is 10.6. The van der Waals surface area contributed by atoms with Gasteiger partial charge in [0.15, 0.2) is 0 Å². The Kier molecular flexibility index (Phi) is 6.40. The second-order valence-corrected chi connectivity index (χ2v) is 6.35. The molecule has 2 rings (SSSR count). The molecule has 0 heterocycles. The van der Waals surface area contributed by atoms with Crippen molar-refractivity contribution in [3.8, 4) is 0 Å². The summed E-state index contributed by atoms with van der Waals surface area (Å²) in [6.07, 6.45) is 6.02. The zero-order valence-electron chi connectivity index (χ0n) is 13.8. The van der Waals surface area contributed by atoms with Crippen LogP contribution in [0.1, 0.15) is 43.2 Å². The number of hydrogen-bond acceptors (Lipinski definition) is 3. The Balaban J connectivity index is 1.96. The van der Waals surface area contributed by atoms with Gasteiger partial charge in [-0.2, -0.15) is 0 Å². The predicted molar refractivity (Wildman–Crippen MR) is 90.1 cm³/mol. The van der Waals surface area contributed by atoms with Crippen LogP contribution < -0.4 is 5.32 Å². The molecule has 1 aromatic rings. The average molecular weight is 304 g/mol. The van der Waals surface area contributed by atoms with Crippen molar-refractivity contribution in [3.63, 3.8) is 0 Å². The number of anilines is 1. The summed E-state index contributed by atoms with van der Waals surface area (Å²) in [6, 6.07) is 6.51. The van der Waals surface area contributed by atoms with E-state index in [1.54, 1.807) is 0 Å². The number of carbonyl (C=O) groups excluding carboxylic acids is 1. The maximum absolute atomic E-state index is 12.4. The third kappa shape index (κ3) is 4.82. The molecular weight excluding hydrogens is 276 g/mol. The van der Waals surface area contributed by atoms with Gasteiger partial charge in [0.2, 0.25) is 5.91 Å². The van der Waals surface area contributed by atoms with Gasteiger partial charge in [-0.05, 0) is 43.9 Å². The molecule has 0 unspecified atom stereocenters. The molecule has 122 valence electrons. The number of amides is 1. The van der Waals surface area contributed by atoms with Gasteiger partial charge in [-0.3, -0.25) is 9.69 Å². The molecule has 1 saturated carbocycles. The van der Waals surface area contributed by atoms with Crippen LogP contribution in [0.2, 0.25) is 0 Å². The lowest BCUT2D eigenvalue weighted by Gasteiger charge is -2.33. The van der Waals surface area contributed by atoms with Gasteiger partial charge in [0.25, 0.3) is 0 Å². The summed E-state index contributed by atoms with van der Waals surface area (Å²) in [4.78, 5) is 14.5. The molecule has 0 saturated heterocycles. The highest BCUT2D eigenvalue weighted by Gasteiger charge is 2.22. The molecule has 0 bridgehead atoms. The molecule has 4 nitrogen and oxygen atoms in total. The number of hydrogen-bond donors (Lipinski definition) is 2. The second kappa shape index (κ2) is 8.30. The lowest BCUT2D eigenvalue weighted by atomic mass is 9.94. The van der Waals surface area contributed by atoms with Crippen LogP contribution in [0.4, 0.5) is 5.69 Å². The minimum Gasteiger partial charge on any atom is -0.395 e. The van der Waals surface area contributed by atoms with Crippen LogP contribution in [0, 0.1) is 13.8 Å². The van der Waals surface area contributed by atoms with E-state index < -0.39 is 0 Å².